The van der Waals surface area contributed by atoms with Crippen LogP contribution in [0.4, 0.5) is 4.39 Å². The lowest BCUT2D eigenvalue weighted by atomic mass is 9.98. The van der Waals surface area contributed by atoms with Gasteiger partial charge in [-0.3, -0.25) is 15.0 Å². The number of nitrogens with zero attached hydrogens (tertiary/aromatic N) is 3. The number of amides is 1. The number of piperidine rings is 1. The van der Waals surface area contributed by atoms with Crippen molar-refractivity contribution in [2.24, 2.45) is 16.1 Å². The molecule has 0 saturated carbocycles. The first-order valence-corrected chi connectivity index (χ1v) is 10.2. The summed E-state index contributed by atoms with van der Waals surface area (Å²) in [4.78, 5) is 25.4. The van der Waals surface area contributed by atoms with E-state index in [2.05, 4.69) is 32.1 Å². The number of carbonyl (C=O) groups is 2. The molecule has 9 heteroatoms. The molecule has 0 aromatic heterocycles. The number of halogens is 1. The van der Waals surface area contributed by atoms with Crippen LogP contribution in [0.1, 0.15) is 30.9 Å². The molecule has 0 atom stereocenters. The van der Waals surface area contributed by atoms with E-state index in [0.717, 1.165) is 49.7 Å². The Hall–Kier alpha value is -2.52. The van der Waals surface area contributed by atoms with Gasteiger partial charge in [-0.15, -0.1) is 5.10 Å². The van der Waals surface area contributed by atoms with Crippen LogP contribution in [0.5, 0.6) is 0 Å². The van der Waals surface area contributed by atoms with Gasteiger partial charge < -0.3 is 4.74 Å². The second-order valence-electron chi connectivity index (χ2n) is 7.05. The van der Waals surface area contributed by atoms with E-state index in [9.17, 15) is 14.0 Å². The zero-order chi connectivity index (χ0) is 20.8. The van der Waals surface area contributed by atoms with E-state index < -0.39 is 11.9 Å². The van der Waals surface area contributed by atoms with Gasteiger partial charge >= 0.3 is 5.97 Å². The molecule has 2 heterocycles. The standard InChI is InChI=1S/C20H23FN4O3S/c1-13-5-7-25(8-6-13)12-15-4-3-14(9-16(15)21)11-22-24-20-23-19(27)17(29-20)10-18(26)28-2/h3-4,9-11,13H,5-8,12H2,1-2H3,(H,23,24,27)/b17-10+,22-11?. The second kappa shape index (κ2) is 9.80. The van der Waals surface area contributed by atoms with Gasteiger partial charge in [-0.2, -0.15) is 5.10 Å². The van der Waals surface area contributed by atoms with E-state index in [0.29, 0.717) is 17.7 Å². The highest BCUT2D eigenvalue weighted by atomic mass is 32.2. The zero-order valence-corrected chi connectivity index (χ0v) is 17.2. The van der Waals surface area contributed by atoms with Crippen molar-refractivity contribution in [2.45, 2.75) is 26.3 Å². The summed E-state index contributed by atoms with van der Waals surface area (Å²) in [7, 11) is 1.23. The minimum Gasteiger partial charge on any atom is -0.466 e. The first kappa shape index (κ1) is 21.2. The number of methoxy groups -OCH3 is 1. The summed E-state index contributed by atoms with van der Waals surface area (Å²) in [5, 5.41) is 10.5. The molecular weight excluding hydrogens is 395 g/mol. The monoisotopic (exact) mass is 418 g/mol. The molecule has 2 fully saturated rings. The Morgan fingerprint density at radius 1 is 1.41 bits per heavy atom. The molecule has 0 spiro atoms. The van der Waals surface area contributed by atoms with Crippen molar-refractivity contribution < 1.29 is 18.7 Å². The molecule has 2 aliphatic heterocycles. The van der Waals surface area contributed by atoms with Gasteiger partial charge in [0.2, 0.25) is 0 Å². The van der Waals surface area contributed by atoms with Crippen molar-refractivity contribution in [1.29, 1.82) is 0 Å². The van der Waals surface area contributed by atoms with E-state index in [1.807, 2.05) is 0 Å². The normalized spacial score (nSPS) is 21.3. The molecule has 1 amide bonds. The fourth-order valence-corrected chi connectivity index (χ4v) is 3.76. The maximum Gasteiger partial charge on any atom is 0.331 e. The van der Waals surface area contributed by atoms with Crippen LogP contribution in [0.15, 0.2) is 39.4 Å². The van der Waals surface area contributed by atoms with Crippen LogP contribution < -0.4 is 5.32 Å². The summed E-state index contributed by atoms with van der Waals surface area (Å²) in [6.45, 7) is 4.85. The number of likely N-dealkylation sites (tertiary alicyclic amines) is 1. The fourth-order valence-electron chi connectivity index (χ4n) is 3.02. The highest BCUT2D eigenvalue weighted by Gasteiger charge is 2.25. The molecule has 0 aliphatic carbocycles. The Morgan fingerprint density at radius 2 is 2.17 bits per heavy atom. The minimum atomic E-state index is -0.623. The van der Waals surface area contributed by atoms with Crippen LogP contribution in [0.2, 0.25) is 0 Å². The second-order valence-corrected chi connectivity index (χ2v) is 8.08. The average Bonchev–Trinajstić information content (AvgIpc) is 3.04. The molecule has 7 nitrogen and oxygen atoms in total. The van der Waals surface area contributed by atoms with Crippen LogP contribution in [0.25, 0.3) is 0 Å². The third kappa shape index (κ3) is 5.98. The van der Waals surface area contributed by atoms with Crippen molar-refractivity contribution in [3.05, 3.63) is 46.1 Å². The minimum absolute atomic E-state index is 0.174. The van der Waals surface area contributed by atoms with Crippen molar-refractivity contribution in [3.8, 4) is 0 Å². The van der Waals surface area contributed by atoms with Gasteiger partial charge in [-0.05, 0) is 55.2 Å². The van der Waals surface area contributed by atoms with Crippen LogP contribution in [0, 0.1) is 11.7 Å². The lowest BCUT2D eigenvalue weighted by molar-refractivity contribution is -0.135. The number of hydrogen-bond acceptors (Lipinski definition) is 7. The van der Waals surface area contributed by atoms with E-state index >= 15 is 0 Å². The van der Waals surface area contributed by atoms with Gasteiger partial charge in [0.15, 0.2) is 5.17 Å². The van der Waals surface area contributed by atoms with Gasteiger partial charge in [-0.1, -0.05) is 19.1 Å². The van der Waals surface area contributed by atoms with Crippen LogP contribution in [-0.2, 0) is 20.9 Å². The molecule has 154 valence electrons. The van der Waals surface area contributed by atoms with Crippen molar-refractivity contribution in [3.63, 3.8) is 0 Å². The Balaban J connectivity index is 1.59. The lowest BCUT2D eigenvalue weighted by Crippen LogP contribution is -2.32. The van der Waals surface area contributed by atoms with Gasteiger partial charge in [0, 0.05) is 18.2 Å². The third-order valence-corrected chi connectivity index (χ3v) is 5.70. The fraction of sp³-hybridized carbons (Fsp3) is 0.400. The molecule has 1 aromatic carbocycles. The Morgan fingerprint density at radius 3 is 2.86 bits per heavy atom. The molecule has 2 saturated heterocycles. The lowest BCUT2D eigenvalue weighted by Gasteiger charge is -2.30. The largest absolute Gasteiger partial charge is 0.466 e. The number of rotatable bonds is 5. The molecule has 0 bridgehead atoms. The summed E-state index contributed by atoms with van der Waals surface area (Å²) in [6, 6.07) is 4.98. The van der Waals surface area contributed by atoms with E-state index in [4.69, 9.17) is 0 Å². The molecule has 1 aromatic rings. The predicted molar refractivity (Wildman–Crippen MR) is 111 cm³/mol. The van der Waals surface area contributed by atoms with Crippen molar-refractivity contribution in [1.82, 2.24) is 10.2 Å². The molecule has 3 rings (SSSR count). The van der Waals surface area contributed by atoms with Crippen LogP contribution in [-0.4, -0.2) is 48.4 Å². The Labute approximate surface area is 173 Å². The van der Waals surface area contributed by atoms with E-state index in [1.165, 1.54) is 19.4 Å². The van der Waals surface area contributed by atoms with Crippen LogP contribution >= 0.6 is 11.8 Å². The van der Waals surface area contributed by atoms with Gasteiger partial charge in [-0.25, -0.2) is 9.18 Å². The van der Waals surface area contributed by atoms with E-state index in [-0.39, 0.29) is 15.9 Å². The maximum atomic E-state index is 14.4. The SMILES string of the molecule is COC(=O)/C=C1/S/C(=N\N=Cc2ccc(CN3CCC(C)CC3)c(F)c2)NC1=O. The summed E-state index contributed by atoms with van der Waals surface area (Å²) in [5.41, 5.74) is 1.24. The highest BCUT2D eigenvalue weighted by molar-refractivity contribution is 8.18. The summed E-state index contributed by atoms with van der Waals surface area (Å²) >= 11 is 0.979. The Kier molecular flexibility index (Phi) is 7.16. The average molecular weight is 418 g/mol. The number of thioether (sulfide) groups is 1. The number of carbonyl (C=O) groups excluding carboxylic acids is 2. The number of hydrogen-bond donors (Lipinski definition) is 1. The van der Waals surface area contributed by atoms with Crippen LogP contribution in [0.3, 0.4) is 0 Å². The molecule has 2 aliphatic rings. The van der Waals surface area contributed by atoms with Gasteiger partial charge in [0.1, 0.15) is 5.82 Å². The summed E-state index contributed by atoms with van der Waals surface area (Å²) < 4.78 is 18.9. The maximum absolute atomic E-state index is 14.4. The first-order valence-electron chi connectivity index (χ1n) is 9.35. The molecular formula is C20H23FN4O3S. The first-order chi connectivity index (χ1) is 13.9. The molecule has 29 heavy (non-hydrogen) atoms. The van der Waals surface area contributed by atoms with E-state index in [1.54, 1.807) is 12.1 Å². The number of amidine groups is 1. The zero-order valence-electron chi connectivity index (χ0n) is 16.4. The molecule has 0 unspecified atom stereocenters. The number of esters is 1. The summed E-state index contributed by atoms with van der Waals surface area (Å²) in [6.07, 6.45) is 4.80. The smallest absolute Gasteiger partial charge is 0.331 e. The number of ether oxygens (including phenoxy) is 1. The third-order valence-electron chi connectivity index (χ3n) is 4.80. The number of nitrogens with one attached hydrogen (secondary N) is 1. The topological polar surface area (TPSA) is 83.4 Å². The molecule has 0 radical (unpaired) electrons. The summed E-state index contributed by atoms with van der Waals surface area (Å²) in [5.74, 6) is -0.600. The highest BCUT2D eigenvalue weighted by Crippen LogP contribution is 2.23. The van der Waals surface area contributed by atoms with Gasteiger partial charge in [0.25, 0.3) is 5.91 Å². The van der Waals surface area contributed by atoms with Gasteiger partial charge in [0.05, 0.1) is 18.2 Å². The number of benzene rings is 1. The van der Waals surface area contributed by atoms with Crippen molar-refractivity contribution in [2.75, 3.05) is 20.2 Å². The Bertz CT molecular complexity index is 876. The molecule has 1 N–H and O–H groups in total. The quantitative estimate of drug-likeness (QED) is 0.344. The van der Waals surface area contributed by atoms with Crippen molar-refractivity contribution >= 4 is 35.0 Å². The predicted octanol–water partition coefficient (Wildman–Crippen LogP) is 2.67.